The van der Waals surface area contributed by atoms with Gasteiger partial charge in [0.1, 0.15) is 0 Å². The summed E-state index contributed by atoms with van der Waals surface area (Å²) in [5.41, 5.74) is 12.8. The van der Waals surface area contributed by atoms with Crippen LogP contribution < -0.4 is 4.90 Å². The van der Waals surface area contributed by atoms with Gasteiger partial charge >= 0.3 is 0 Å². The lowest BCUT2D eigenvalue weighted by Gasteiger charge is -2.34. The Labute approximate surface area is 324 Å². The Morgan fingerprint density at radius 1 is 0.370 bits per heavy atom. The predicted octanol–water partition coefficient (Wildman–Crippen LogP) is 14.0. The highest BCUT2D eigenvalue weighted by Gasteiger charge is 2.46. The molecule has 10 rings (SSSR count). The van der Waals surface area contributed by atoms with Crippen molar-refractivity contribution >= 4 is 27.8 Å². The molecule has 54 heavy (non-hydrogen) atoms. The van der Waals surface area contributed by atoms with Gasteiger partial charge in [-0.15, -0.1) is 0 Å². The zero-order chi connectivity index (χ0) is 40.3. The van der Waals surface area contributed by atoms with Crippen molar-refractivity contribution in [2.75, 3.05) is 4.90 Å². The van der Waals surface area contributed by atoms with Gasteiger partial charge in [-0.25, -0.2) is 0 Å². The van der Waals surface area contributed by atoms with Crippen molar-refractivity contribution in [3.8, 4) is 33.4 Å². The minimum atomic E-state index is -0.508. The van der Waals surface area contributed by atoms with Crippen LogP contribution in [0.25, 0.3) is 44.2 Å². The molecular weight excluding hydrogens is 651 g/mol. The highest BCUT2D eigenvalue weighted by atomic mass is 15.1. The normalized spacial score (nSPS) is 13.9. The maximum absolute atomic E-state index is 8.56. The van der Waals surface area contributed by atoms with Crippen LogP contribution in [0.4, 0.5) is 17.1 Å². The van der Waals surface area contributed by atoms with Gasteiger partial charge < -0.3 is 4.90 Å². The van der Waals surface area contributed by atoms with Crippen LogP contribution in [0.1, 0.15) is 29.1 Å². The Kier molecular flexibility index (Phi) is 6.55. The molecule has 0 atom stereocenters. The van der Waals surface area contributed by atoms with Gasteiger partial charge in [0.2, 0.25) is 0 Å². The molecule has 0 unspecified atom stereocenters. The van der Waals surface area contributed by atoms with E-state index < -0.39 is 11.5 Å². The fourth-order valence-corrected chi connectivity index (χ4v) is 8.53. The molecule has 0 fully saturated rings. The third-order valence-electron chi connectivity index (χ3n) is 10.8. The molecule has 1 heteroatoms. The summed E-state index contributed by atoms with van der Waals surface area (Å²) in [5, 5.41) is 2.19. The monoisotopic (exact) mass is 692 g/mol. The highest BCUT2D eigenvalue weighted by Crippen LogP contribution is 2.57. The molecular formula is C53H37N. The van der Waals surface area contributed by atoms with Crippen molar-refractivity contribution in [1.29, 1.82) is 0 Å². The number of anilines is 3. The molecule has 0 saturated carbocycles. The van der Waals surface area contributed by atoms with E-state index in [1.165, 1.54) is 33.4 Å². The van der Waals surface area contributed by atoms with Crippen molar-refractivity contribution in [3.63, 3.8) is 0 Å². The standard InChI is InChI=1S/C53H37N/c1-5-17-38(18-6-1)39-31-34-44(35-32-39)54(43-23-11-4-12-24-43)52-30-16-27-46-45(26-15-28-49(46)52)40-33-36-48-47-25-13-14-29-50(47)53(51(48)37-40,41-19-7-2-8-20-41)42-21-9-3-10-22-42/h1-37H/i1D,5D,6D,17D,18D. The van der Waals surface area contributed by atoms with Gasteiger partial charge in [0.05, 0.1) is 18.0 Å². The van der Waals surface area contributed by atoms with E-state index >= 15 is 0 Å². The van der Waals surface area contributed by atoms with Crippen LogP contribution in [0.3, 0.4) is 0 Å². The largest absolute Gasteiger partial charge is 0.310 e. The van der Waals surface area contributed by atoms with E-state index in [0.717, 1.165) is 39.0 Å². The SMILES string of the molecule is [2H]c1c([2H])c([2H])c(-c2ccc(N(c3ccccc3)c3cccc4c(-c5ccc6c(c5)C(c5ccccc5)(c5ccccc5)c5ccccc5-6)cccc34)cc2)c([2H])c1[2H]. The van der Waals surface area contributed by atoms with Gasteiger partial charge in [-0.3, -0.25) is 0 Å². The first-order valence-electron chi connectivity index (χ1n) is 20.8. The lowest BCUT2D eigenvalue weighted by atomic mass is 9.67. The second-order valence-electron chi connectivity index (χ2n) is 13.7. The molecule has 0 aliphatic heterocycles. The van der Waals surface area contributed by atoms with Gasteiger partial charge in [0.25, 0.3) is 0 Å². The number of hydrogen-bond donors (Lipinski definition) is 0. The quantitative estimate of drug-likeness (QED) is 0.161. The summed E-state index contributed by atoms with van der Waals surface area (Å²) in [4.78, 5) is 2.22. The van der Waals surface area contributed by atoms with Crippen LogP contribution in [0, 0.1) is 0 Å². The average molecular weight is 693 g/mol. The van der Waals surface area contributed by atoms with Gasteiger partial charge in [-0.1, -0.05) is 188 Å². The lowest BCUT2D eigenvalue weighted by molar-refractivity contribution is 0.769. The molecule has 1 aliphatic rings. The summed E-state index contributed by atoms with van der Waals surface area (Å²) in [5.74, 6) is 0. The lowest BCUT2D eigenvalue weighted by Crippen LogP contribution is -2.28. The molecule has 1 nitrogen and oxygen atoms in total. The molecule has 0 saturated heterocycles. The molecule has 0 aromatic heterocycles. The number of benzene rings is 9. The van der Waals surface area contributed by atoms with Crippen LogP contribution in [0.5, 0.6) is 0 Å². The van der Waals surface area contributed by atoms with Gasteiger partial charge in [0.15, 0.2) is 0 Å². The first-order valence-corrected chi connectivity index (χ1v) is 18.3. The fraction of sp³-hybridized carbons (Fsp3) is 0.0189. The molecule has 9 aromatic carbocycles. The Hall–Kier alpha value is -6.96. The van der Waals surface area contributed by atoms with Crippen LogP contribution in [0.2, 0.25) is 0 Å². The van der Waals surface area contributed by atoms with Crippen LogP contribution in [0.15, 0.2) is 224 Å². The number of hydrogen-bond acceptors (Lipinski definition) is 1. The van der Waals surface area contributed by atoms with E-state index in [2.05, 4.69) is 157 Å². The summed E-state index contributed by atoms with van der Waals surface area (Å²) in [6.45, 7) is 0. The van der Waals surface area contributed by atoms with Crippen molar-refractivity contribution < 1.29 is 6.85 Å². The van der Waals surface area contributed by atoms with E-state index in [9.17, 15) is 0 Å². The summed E-state index contributed by atoms with van der Waals surface area (Å²) in [6, 6.07) is 66.8. The van der Waals surface area contributed by atoms with Gasteiger partial charge in [-0.05, 0) is 97.4 Å². The smallest absolute Gasteiger partial charge is 0.0713 e. The van der Waals surface area contributed by atoms with Crippen molar-refractivity contribution in [2.24, 2.45) is 0 Å². The maximum Gasteiger partial charge on any atom is 0.0713 e. The maximum atomic E-state index is 8.56. The Bertz CT molecular complexity index is 2970. The third-order valence-corrected chi connectivity index (χ3v) is 10.8. The first kappa shape index (κ1) is 26.8. The summed E-state index contributed by atoms with van der Waals surface area (Å²) in [6.07, 6.45) is 0. The van der Waals surface area contributed by atoms with E-state index in [-0.39, 0.29) is 29.7 Å². The van der Waals surface area contributed by atoms with Gasteiger partial charge in [0, 0.05) is 16.8 Å². The van der Waals surface area contributed by atoms with E-state index in [1.54, 1.807) is 0 Å². The highest BCUT2D eigenvalue weighted by molar-refractivity contribution is 6.06. The molecule has 254 valence electrons. The molecule has 0 radical (unpaired) electrons. The van der Waals surface area contributed by atoms with Gasteiger partial charge in [-0.2, -0.15) is 0 Å². The van der Waals surface area contributed by atoms with E-state index in [0.29, 0.717) is 5.56 Å². The molecule has 0 N–H and O–H groups in total. The minimum Gasteiger partial charge on any atom is -0.310 e. The van der Waals surface area contributed by atoms with Crippen molar-refractivity contribution in [2.45, 2.75) is 5.41 Å². The average Bonchev–Trinajstić information content (AvgIpc) is 3.59. The summed E-state index contributed by atoms with van der Waals surface area (Å²) >= 11 is 0. The third kappa shape index (κ3) is 5.09. The Morgan fingerprint density at radius 2 is 0.926 bits per heavy atom. The van der Waals surface area contributed by atoms with Crippen molar-refractivity contribution in [1.82, 2.24) is 0 Å². The molecule has 0 amide bonds. The van der Waals surface area contributed by atoms with Crippen LogP contribution in [-0.4, -0.2) is 0 Å². The molecule has 0 spiro atoms. The molecule has 0 heterocycles. The zero-order valence-corrected chi connectivity index (χ0v) is 29.4. The molecule has 9 aromatic rings. The number of para-hydroxylation sites is 1. The summed E-state index contributed by atoms with van der Waals surface area (Å²) < 4.78 is 41.6. The zero-order valence-electron chi connectivity index (χ0n) is 34.4. The molecule has 0 bridgehead atoms. The summed E-state index contributed by atoms with van der Waals surface area (Å²) in [7, 11) is 0. The fourth-order valence-electron chi connectivity index (χ4n) is 8.53. The Morgan fingerprint density at radius 3 is 1.65 bits per heavy atom. The topological polar surface area (TPSA) is 3.24 Å². The number of rotatable bonds is 7. The van der Waals surface area contributed by atoms with Crippen LogP contribution >= 0.6 is 0 Å². The number of nitrogens with zero attached hydrogens (tertiary/aromatic N) is 1. The first-order chi connectivity index (χ1) is 28.9. The second kappa shape index (κ2) is 13.2. The Balaban J connectivity index is 1.14. The van der Waals surface area contributed by atoms with Crippen molar-refractivity contribution in [3.05, 3.63) is 247 Å². The number of fused-ring (bicyclic) bond motifs is 4. The molecule has 1 aliphatic carbocycles. The van der Waals surface area contributed by atoms with E-state index in [1.807, 2.05) is 42.5 Å². The predicted molar refractivity (Wildman–Crippen MR) is 227 cm³/mol. The van der Waals surface area contributed by atoms with Crippen LogP contribution in [-0.2, 0) is 5.41 Å². The van der Waals surface area contributed by atoms with E-state index in [4.69, 9.17) is 6.85 Å². The second-order valence-corrected chi connectivity index (χ2v) is 13.7. The minimum absolute atomic E-state index is 0.185.